The lowest BCUT2D eigenvalue weighted by atomic mass is 9.58. The number of halogens is 1. The highest BCUT2D eigenvalue weighted by atomic mass is 19.1. The number of nitrogens with one attached hydrogen (secondary N) is 1. The Kier molecular flexibility index (Phi) is 7.32. The second-order valence-corrected chi connectivity index (χ2v) is 10.3. The number of benzene rings is 2. The van der Waals surface area contributed by atoms with Crippen molar-refractivity contribution in [2.24, 2.45) is 11.8 Å². The Morgan fingerprint density at radius 3 is 2.58 bits per heavy atom. The Bertz CT molecular complexity index is 1130. The van der Waals surface area contributed by atoms with Crippen LogP contribution in [0.4, 0.5) is 9.18 Å². The van der Waals surface area contributed by atoms with Gasteiger partial charge in [0.05, 0.1) is 12.7 Å². The summed E-state index contributed by atoms with van der Waals surface area (Å²) in [5.74, 6) is 0.0136. The van der Waals surface area contributed by atoms with Gasteiger partial charge in [-0.05, 0) is 73.9 Å². The van der Waals surface area contributed by atoms with Gasteiger partial charge in [-0.15, -0.1) is 5.10 Å². The normalized spacial score (nSPS) is 22.8. The van der Waals surface area contributed by atoms with Crippen LogP contribution in [-0.4, -0.2) is 50.2 Å². The van der Waals surface area contributed by atoms with Crippen molar-refractivity contribution in [1.29, 1.82) is 0 Å². The zero-order valence-corrected chi connectivity index (χ0v) is 20.5. The largest absolute Gasteiger partial charge is 0.465 e. The van der Waals surface area contributed by atoms with Crippen LogP contribution in [0, 0.1) is 17.7 Å². The summed E-state index contributed by atoms with van der Waals surface area (Å²) < 4.78 is 16.5. The van der Waals surface area contributed by atoms with Crippen LogP contribution in [0.2, 0.25) is 0 Å². The van der Waals surface area contributed by atoms with E-state index >= 15 is 0 Å². The molecule has 0 radical (unpaired) electrons. The lowest BCUT2D eigenvalue weighted by Crippen LogP contribution is -2.54. The average molecular weight is 492 g/mol. The van der Waals surface area contributed by atoms with Gasteiger partial charge in [0.15, 0.2) is 0 Å². The van der Waals surface area contributed by atoms with E-state index < -0.39 is 11.5 Å². The number of aromatic nitrogens is 3. The van der Waals surface area contributed by atoms with Crippen molar-refractivity contribution >= 4 is 6.09 Å². The molecule has 1 saturated heterocycles. The van der Waals surface area contributed by atoms with E-state index in [0.717, 1.165) is 57.3 Å². The predicted molar refractivity (Wildman–Crippen MR) is 135 cm³/mol. The fourth-order valence-electron chi connectivity index (χ4n) is 6.81. The summed E-state index contributed by atoms with van der Waals surface area (Å²) in [5, 5.41) is 20.8. The summed E-state index contributed by atoms with van der Waals surface area (Å²) in [6, 6.07) is 17.3. The molecule has 1 aromatic heterocycles. The standard InChI is InChI=1S/C28H34FN5O2/c29-24-9-4-8-23(18-24)28(20-34-17-14-30-32-34,25-10-5-11-26(25)31-27(35)36)22-12-15-33(16-13-22)19-21-6-2-1-3-7-21/h1-4,6-9,14,17-18,22,25-26,31H,5,10-13,15-16,19-20H2,(H,35,36)/t25-,26-,28-/m0/s1. The first-order valence-electron chi connectivity index (χ1n) is 12.9. The summed E-state index contributed by atoms with van der Waals surface area (Å²) in [7, 11) is 0. The van der Waals surface area contributed by atoms with E-state index in [9.17, 15) is 14.3 Å². The van der Waals surface area contributed by atoms with Gasteiger partial charge in [0, 0.05) is 24.2 Å². The molecule has 0 unspecified atom stereocenters. The number of carboxylic acid groups (broad SMARTS) is 1. The second-order valence-electron chi connectivity index (χ2n) is 10.3. The molecular formula is C28H34FN5O2. The topological polar surface area (TPSA) is 83.3 Å². The number of rotatable bonds is 8. The van der Waals surface area contributed by atoms with E-state index in [2.05, 4.69) is 44.8 Å². The van der Waals surface area contributed by atoms with Crippen LogP contribution in [-0.2, 0) is 18.5 Å². The number of carbonyl (C=O) groups is 1. The van der Waals surface area contributed by atoms with E-state index in [-0.39, 0.29) is 23.7 Å². The predicted octanol–water partition coefficient (Wildman–Crippen LogP) is 4.70. The van der Waals surface area contributed by atoms with Gasteiger partial charge in [-0.1, -0.05) is 54.1 Å². The molecule has 3 aromatic rings. The number of nitrogens with zero attached hydrogens (tertiary/aromatic N) is 4. The maximum absolute atomic E-state index is 14.7. The lowest BCUT2D eigenvalue weighted by Gasteiger charge is -2.50. The Morgan fingerprint density at radius 1 is 1.08 bits per heavy atom. The fraction of sp³-hybridized carbons (Fsp3) is 0.464. The molecule has 2 fully saturated rings. The smallest absolute Gasteiger partial charge is 0.404 e. The number of likely N-dealkylation sites (tertiary alicyclic amines) is 1. The molecule has 2 aromatic carbocycles. The van der Waals surface area contributed by atoms with Gasteiger partial charge < -0.3 is 10.4 Å². The van der Waals surface area contributed by atoms with Crippen LogP contribution in [0.1, 0.15) is 43.2 Å². The average Bonchev–Trinajstić information content (AvgIpc) is 3.56. The van der Waals surface area contributed by atoms with Gasteiger partial charge in [0.25, 0.3) is 0 Å². The Balaban J connectivity index is 1.51. The minimum Gasteiger partial charge on any atom is -0.465 e. The number of hydrogen-bond donors (Lipinski definition) is 2. The molecule has 0 spiro atoms. The van der Waals surface area contributed by atoms with Crippen molar-refractivity contribution in [3.63, 3.8) is 0 Å². The Labute approximate surface area is 211 Å². The third-order valence-electron chi connectivity index (χ3n) is 8.31. The number of amides is 1. The van der Waals surface area contributed by atoms with Gasteiger partial charge in [-0.3, -0.25) is 9.58 Å². The van der Waals surface area contributed by atoms with E-state index in [4.69, 9.17) is 0 Å². The van der Waals surface area contributed by atoms with Crippen LogP contribution in [0.25, 0.3) is 0 Å². The van der Waals surface area contributed by atoms with Crippen LogP contribution in [0.15, 0.2) is 67.0 Å². The second kappa shape index (κ2) is 10.8. The highest BCUT2D eigenvalue weighted by Gasteiger charge is 2.52. The van der Waals surface area contributed by atoms with E-state index in [1.54, 1.807) is 18.3 Å². The maximum Gasteiger partial charge on any atom is 0.404 e. The lowest BCUT2D eigenvalue weighted by molar-refractivity contribution is 0.0568. The van der Waals surface area contributed by atoms with Crippen molar-refractivity contribution in [3.8, 4) is 0 Å². The SMILES string of the molecule is O=C(O)N[C@H]1CCC[C@@H]1[C@](Cn1ccnn1)(c1cccc(F)c1)C1CCN(Cc2ccccc2)CC1. The van der Waals surface area contributed by atoms with Crippen LogP contribution < -0.4 is 5.32 Å². The summed E-state index contributed by atoms with van der Waals surface area (Å²) in [6.07, 6.45) is 7.05. The first-order valence-corrected chi connectivity index (χ1v) is 12.9. The van der Waals surface area contributed by atoms with Gasteiger partial charge in [0.1, 0.15) is 5.82 Å². The van der Waals surface area contributed by atoms with Crippen molar-refractivity contribution < 1.29 is 14.3 Å². The molecule has 1 amide bonds. The minimum atomic E-state index is -1.00. The third-order valence-corrected chi connectivity index (χ3v) is 8.31. The van der Waals surface area contributed by atoms with E-state index in [1.807, 2.05) is 23.0 Å². The molecule has 190 valence electrons. The number of piperidine rings is 1. The Hall–Kier alpha value is -3.26. The molecule has 3 atom stereocenters. The van der Waals surface area contributed by atoms with Crippen molar-refractivity contribution in [2.75, 3.05) is 13.1 Å². The Morgan fingerprint density at radius 2 is 1.89 bits per heavy atom. The van der Waals surface area contributed by atoms with Crippen molar-refractivity contribution in [3.05, 3.63) is 83.9 Å². The first kappa shape index (κ1) is 24.4. The third kappa shape index (κ3) is 5.14. The first-order chi connectivity index (χ1) is 17.5. The van der Waals surface area contributed by atoms with E-state index in [0.29, 0.717) is 6.54 Å². The van der Waals surface area contributed by atoms with Crippen LogP contribution >= 0.6 is 0 Å². The molecule has 8 heteroatoms. The molecule has 7 nitrogen and oxygen atoms in total. The summed E-state index contributed by atoms with van der Waals surface area (Å²) in [6.45, 7) is 3.34. The molecule has 2 heterocycles. The minimum absolute atomic E-state index is 0.0327. The van der Waals surface area contributed by atoms with Gasteiger partial charge >= 0.3 is 6.09 Å². The van der Waals surface area contributed by atoms with Crippen molar-refractivity contribution in [2.45, 2.75) is 56.7 Å². The molecular weight excluding hydrogens is 457 g/mol. The van der Waals surface area contributed by atoms with Crippen LogP contribution in [0.3, 0.4) is 0 Å². The van der Waals surface area contributed by atoms with Crippen molar-refractivity contribution in [1.82, 2.24) is 25.2 Å². The van der Waals surface area contributed by atoms with Crippen LogP contribution in [0.5, 0.6) is 0 Å². The monoisotopic (exact) mass is 491 g/mol. The molecule has 2 N–H and O–H groups in total. The van der Waals surface area contributed by atoms with Gasteiger partial charge in [-0.2, -0.15) is 0 Å². The molecule has 36 heavy (non-hydrogen) atoms. The maximum atomic E-state index is 14.7. The fourth-order valence-corrected chi connectivity index (χ4v) is 6.81. The summed E-state index contributed by atoms with van der Waals surface area (Å²) in [4.78, 5) is 14.2. The van der Waals surface area contributed by atoms with E-state index in [1.165, 1.54) is 11.6 Å². The van der Waals surface area contributed by atoms with Gasteiger partial charge in [0.2, 0.25) is 0 Å². The highest BCUT2D eigenvalue weighted by molar-refractivity contribution is 5.65. The van der Waals surface area contributed by atoms with Gasteiger partial charge in [-0.25, -0.2) is 9.18 Å². The zero-order chi connectivity index (χ0) is 25.0. The highest BCUT2D eigenvalue weighted by Crippen LogP contribution is 2.51. The summed E-state index contributed by atoms with van der Waals surface area (Å²) in [5.41, 5.74) is 1.76. The molecule has 0 bridgehead atoms. The number of hydrogen-bond acceptors (Lipinski definition) is 4. The quantitative estimate of drug-likeness (QED) is 0.477. The molecule has 1 saturated carbocycles. The molecule has 2 aliphatic rings. The summed E-state index contributed by atoms with van der Waals surface area (Å²) >= 11 is 0. The molecule has 5 rings (SSSR count). The molecule has 1 aliphatic heterocycles. The molecule has 1 aliphatic carbocycles. The zero-order valence-electron chi connectivity index (χ0n) is 20.5.